The number of hydrogen-bond acceptors (Lipinski definition) is 10. The lowest BCUT2D eigenvalue weighted by molar-refractivity contribution is -0.236. The van der Waals surface area contributed by atoms with E-state index in [4.69, 9.17) is 18.9 Å². The van der Waals surface area contributed by atoms with Crippen molar-refractivity contribution in [3.63, 3.8) is 0 Å². The second kappa shape index (κ2) is 18.0. The number of cyclic esters (lactones) is 1. The molecule has 11 heteroatoms. The van der Waals surface area contributed by atoms with Crippen LogP contribution in [0.3, 0.4) is 0 Å². The maximum absolute atomic E-state index is 13.8. The Morgan fingerprint density at radius 1 is 1.09 bits per heavy atom. The Morgan fingerprint density at radius 2 is 1.76 bits per heavy atom. The molecule has 45 heavy (non-hydrogen) atoms. The number of Topliss-reactive ketones (excluding diaryl/α,β-unsaturated/α-hetero) is 2. The molecule has 11 nitrogen and oxygen atoms in total. The fourth-order valence-corrected chi connectivity index (χ4v) is 6.17. The average molecular weight is 636 g/mol. The zero-order valence-electron chi connectivity index (χ0n) is 29.1. The van der Waals surface area contributed by atoms with Crippen molar-refractivity contribution in [3.05, 3.63) is 30.4 Å². The van der Waals surface area contributed by atoms with E-state index >= 15 is 0 Å². The molecule has 0 amide bonds. The molecule has 0 spiro atoms. The molecule has 0 radical (unpaired) electrons. The van der Waals surface area contributed by atoms with Crippen LogP contribution in [0.4, 0.5) is 0 Å². The summed E-state index contributed by atoms with van der Waals surface area (Å²) in [6.07, 6.45) is 4.00. The molecule has 0 aromatic carbocycles. The Morgan fingerprint density at radius 3 is 2.33 bits per heavy atom. The molecule has 0 saturated carbocycles. The van der Waals surface area contributed by atoms with Crippen molar-refractivity contribution in [1.82, 2.24) is 14.5 Å². The third-order valence-electron chi connectivity index (χ3n) is 8.85. The number of hydrogen-bond donors (Lipinski definition) is 1. The van der Waals surface area contributed by atoms with Gasteiger partial charge in [-0.3, -0.25) is 19.0 Å². The van der Waals surface area contributed by atoms with Crippen molar-refractivity contribution in [3.8, 4) is 0 Å². The summed E-state index contributed by atoms with van der Waals surface area (Å²) in [5, 5.41) is 10.7. The minimum absolute atomic E-state index is 0.0124. The number of aliphatic hydroxyl groups is 1. The SMILES string of the molecule is CC.CC[C@H]1OC(=O)[C@H](C)C(=O)[C@H](C)[C@@H](O[C@H]2C[C@@H](N(C)C)C[C@@H](C)O2)[C@@H](C)C[C@@H](C)C(=O)/C(C)=C/[C@@H]1OC(O)n1ccnc1. The summed E-state index contributed by atoms with van der Waals surface area (Å²) in [7, 11) is 4.06. The lowest BCUT2D eigenvalue weighted by Gasteiger charge is -2.40. The number of carbonyl (C=O) groups excluding carboxylic acids is 3. The summed E-state index contributed by atoms with van der Waals surface area (Å²) in [6.45, 7) is 16.7. The summed E-state index contributed by atoms with van der Waals surface area (Å²) >= 11 is 0. The smallest absolute Gasteiger partial charge is 0.316 e. The van der Waals surface area contributed by atoms with Gasteiger partial charge in [0.25, 0.3) is 0 Å². The second-order valence-electron chi connectivity index (χ2n) is 12.6. The van der Waals surface area contributed by atoms with Gasteiger partial charge >= 0.3 is 5.97 Å². The minimum Gasteiger partial charge on any atom is -0.459 e. The van der Waals surface area contributed by atoms with Gasteiger partial charge in [0.2, 0.25) is 6.41 Å². The number of esters is 1. The summed E-state index contributed by atoms with van der Waals surface area (Å²) in [4.78, 5) is 46.8. The van der Waals surface area contributed by atoms with Gasteiger partial charge < -0.3 is 29.0 Å². The first kappa shape index (κ1) is 38.7. The van der Waals surface area contributed by atoms with Gasteiger partial charge in [0.15, 0.2) is 17.9 Å². The Bertz CT molecular complexity index is 1110. The number of aliphatic hydroxyl groups excluding tert-OH is 1. The van der Waals surface area contributed by atoms with Crippen LogP contribution in [-0.2, 0) is 33.3 Å². The normalized spacial score (nSPS) is 35.8. The van der Waals surface area contributed by atoms with Gasteiger partial charge in [-0.05, 0) is 71.7 Å². The zero-order chi connectivity index (χ0) is 34.0. The van der Waals surface area contributed by atoms with Crippen LogP contribution in [0.2, 0.25) is 0 Å². The van der Waals surface area contributed by atoms with Crippen LogP contribution in [0.15, 0.2) is 30.4 Å². The quantitative estimate of drug-likeness (QED) is 0.250. The molecule has 0 bridgehead atoms. The van der Waals surface area contributed by atoms with E-state index in [-0.39, 0.29) is 35.5 Å². The summed E-state index contributed by atoms with van der Waals surface area (Å²) < 4.78 is 25.8. The minimum atomic E-state index is -1.43. The first-order valence-corrected chi connectivity index (χ1v) is 16.5. The molecule has 256 valence electrons. The molecule has 2 aliphatic heterocycles. The number of rotatable bonds is 7. The highest BCUT2D eigenvalue weighted by Gasteiger charge is 2.41. The topological polar surface area (TPSA) is 129 Å². The molecule has 1 aromatic heterocycles. The van der Waals surface area contributed by atoms with Crippen LogP contribution in [0.25, 0.3) is 0 Å². The summed E-state index contributed by atoms with van der Waals surface area (Å²) in [6, 6.07) is 0.268. The Balaban J connectivity index is 0.00000345. The standard InChI is InChI=1S/C32H51N3O8.C2H6/c1-10-25-26(42-32(39)35-12-11-33-17-35)14-19(3)28(36)18(2)13-20(4)30(22(6)29(37)23(7)31(38)41-25)43-27-16-24(34(8)9)15-21(5)40-27;1-2/h11-12,14,17-18,20-27,30,32,39H,10,13,15-16H2,1-9H3;1-2H3/b19-14+;/t18-,20+,21-,22+,23-,24+,25-,26+,27+,30+,32?;/m1./s1. The Hall–Kier alpha value is -2.44. The molecule has 3 rings (SSSR count). The van der Waals surface area contributed by atoms with Gasteiger partial charge in [-0.15, -0.1) is 0 Å². The number of allylic oxidation sites excluding steroid dienone is 1. The zero-order valence-corrected chi connectivity index (χ0v) is 29.1. The lowest BCUT2D eigenvalue weighted by Crippen LogP contribution is -2.47. The van der Waals surface area contributed by atoms with Crippen LogP contribution in [-0.4, -0.2) is 87.9 Å². The van der Waals surface area contributed by atoms with E-state index in [1.807, 2.05) is 55.6 Å². The predicted octanol–water partition coefficient (Wildman–Crippen LogP) is 4.94. The van der Waals surface area contributed by atoms with Gasteiger partial charge in [-0.1, -0.05) is 41.5 Å². The van der Waals surface area contributed by atoms with Crippen molar-refractivity contribution in [2.75, 3.05) is 14.1 Å². The van der Waals surface area contributed by atoms with Crippen LogP contribution < -0.4 is 0 Å². The lowest BCUT2D eigenvalue weighted by atomic mass is 9.80. The van der Waals surface area contributed by atoms with Gasteiger partial charge in [-0.25, -0.2) is 4.98 Å². The summed E-state index contributed by atoms with van der Waals surface area (Å²) in [5.74, 6) is -3.40. The monoisotopic (exact) mass is 635 g/mol. The molecule has 1 saturated heterocycles. The van der Waals surface area contributed by atoms with Crippen molar-refractivity contribution >= 4 is 17.5 Å². The van der Waals surface area contributed by atoms with E-state index in [2.05, 4.69) is 9.88 Å². The number of ether oxygens (including phenoxy) is 4. The van der Waals surface area contributed by atoms with Gasteiger partial charge in [0, 0.05) is 36.7 Å². The highest BCUT2D eigenvalue weighted by atomic mass is 16.7. The maximum Gasteiger partial charge on any atom is 0.316 e. The summed E-state index contributed by atoms with van der Waals surface area (Å²) in [5.41, 5.74) is 0.432. The molecular weight excluding hydrogens is 578 g/mol. The fourth-order valence-electron chi connectivity index (χ4n) is 6.17. The number of imidazole rings is 1. The van der Waals surface area contributed by atoms with Crippen LogP contribution in [0, 0.1) is 23.7 Å². The highest BCUT2D eigenvalue weighted by Crippen LogP contribution is 2.33. The third-order valence-corrected chi connectivity index (χ3v) is 8.85. The Kier molecular flexibility index (Phi) is 15.5. The van der Waals surface area contributed by atoms with Crippen molar-refractivity contribution in [1.29, 1.82) is 0 Å². The van der Waals surface area contributed by atoms with Crippen molar-refractivity contribution in [2.24, 2.45) is 23.7 Å². The first-order chi connectivity index (χ1) is 21.2. The maximum atomic E-state index is 13.8. The van der Waals surface area contributed by atoms with E-state index in [1.54, 1.807) is 26.8 Å². The van der Waals surface area contributed by atoms with Crippen molar-refractivity contribution < 1.29 is 38.4 Å². The van der Waals surface area contributed by atoms with Gasteiger partial charge in [0.05, 0.1) is 18.5 Å². The van der Waals surface area contributed by atoms with Gasteiger partial charge in [0.1, 0.15) is 18.1 Å². The van der Waals surface area contributed by atoms with Crippen LogP contribution in [0.1, 0.15) is 94.4 Å². The van der Waals surface area contributed by atoms with E-state index in [0.29, 0.717) is 24.8 Å². The van der Waals surface area contributed by atoms with E-state index in [0.717, 1.165) is 6.42 Å². The predicted molar refractivity (Wildman–Crippen MR) is 171 cm³/mol. The number of carbonyl (C=O) groups is 3. The molecule has 2 aliphatic rings. The fraction of sp³-hybridized carbons (Fsp3) is 0.765. The van der Waals surface area contributed by atoms with Crippen LogP contribution in [0.5, 0.6) is 0 Å². The third kappa shape index (κ3) is 10.5. The highest BCUT2D eigenvalue weighted by molar-refractivity contribution is 6.00. The molecule has 1 N–H and O–H groups in total. The van der Waals surface area contributed by atoms with E-state index < -0.39 is 48.8 Å². The molecule has 3 heterocycles. The van der Waals surface area contributed by atoms with Crippen molar-refractivity contribution in [2.45, 2.75) is 131 Å². The first-order valence-electron chi connectivity index (χ1n) is 16.5. The van der Waals surface area contributed by atoms with E-state index in [9.17, 15) is 19.5 Å². The average Bonchev–Trinajstić information content (AvgIpc) is 3.56. The molecule has 0 aliphatic carbocycles. The Labute approximate surface area is 269 Å². The molecular formula is C34H57N3O8. The van der Waals surface area contributed by atoms with E-state index in [1.165, 1.54) is 23.3 Å². The largest absolute Gasteiger partial charge is 0.459 e. The molecule has 1 aromatic rings. The van der Waals surface area contributed by atoms with Gasteiger partial charge in [-0.2, -0.15) is 0 Å². The molecule has 1 unspecified atom stereocenters. The molecule has 1 fully saturated rings. The second-order valence-corrected chi connectivity index (χ2v) is 12.6. The number of aromatic nitrogens is 2. The number of ketones is 2. The number of nitrogens with zero attached hydrogens (tertiary/aromatic N) is 3. The molecule has 11 atom stereocenters. The van der Waals surface area contributed by atoms with Crippen LogP contribution >= 0.6 is 0 Å².